The quantitative estimate of drug-likeness (QED) is 0.658. The van der Waals surface area contributed by atoms with Crippen LogP contribution in [0.25, 0.3) is 5.69 Å². The van der Waals surface area contributed by atoms with Crippen LogP contribution in [-0.2, 0) is 0 Å². The average Bonchev–Trinajstić information content (AvgIpc) is 3.39. The summed E-state index contributed by atoms with van der Waals surface area (Å²) in [6.07, 6.45) is 11.9. The third-order valence-electron chi connectivity index (χ3n) is 4.96. The van der Waals surface area contributed by atoms with Crippen LogP contribution < -0.4 is 0 Å². The van der Waals surface area contributed by atoms with Gasteiger partial charge in [0.1, 0.15) is 0 Å². The van der Waals surface area contributed by atoms with Gasteiger partial charge in [0.25, 0.3) is 5.91 Å². The second-order valence-electron chi connectivity index (χ2n) is 6.49. The lowest BCUT2D eigenvalue weighted by Gasteiger charge is -2.33. The third-order valence-corrected chi connectivity index (χ3v) is 5.63. The van der Waals surface area contributed by atoms with E-state index in [1.807, 2.05) is 46.2 Å². The number of carbonyl (C=O) groups excluding carboxylic acids is 1. The van der Waals surface area contributed by atoms with E-state index in [2.05, 4.69) is 34.1 Å². The van der Waals surface area contributed by atoms with Crippen molar-refractivity contribution >= 4 is 17.7 Å². The summed E-state index contributed by atoms with van der Waals surface area (Å²) in [6, 6.07) is 12.4. The van der Waals surface area contributed by atoms with Gasteiger partial charge in [-0.1, -0.05) is 17.8 Å². The average molecular weight is 366 g/mol. The lowest BCUT2D eigenvalue weighted by atomic mass is 10.0. The Labute approximate surface area is 157 Å². The number of carbonyl (C=O) groups is 1. The molecule has 0 spiro atoms. The second kappa shape index (κ2) is 7.41. The summed E-state index contributed by atoms with van der Waals surface area (Å²) < 4.78 is 4.27. The highest BCUT2D eigenvalue weighted by Crippen LogP contribution is 2.24. The Morgan fingerprint density at radius 3 is 2.62 bits per heavy atom. The minimum atomic E-state index is 0.114. The monoisotopic (exact) mass is 366 g/mol. The minimum Gasteiger partial charge on any atom is -0.351 e. The van der Waals surface area contributed by atoms with E-state index in [-0.39, 0.29) is 5.91 Å². The van der Waals surface area contributed by atoms with Gasteiger partial charge in [-0.3, -0.25) is 9.36 Å². The molecular weight excluding hydrogens is 344 g/mol. The Morgan fingerprint density at radius 2 is 1.88 bits per heavy atom. The van der Waals surface area contributed by atoms with Gasteiger partial charge in [0.2, 0.25) is 0 Å². The maximum absolute atomic E-state index is 13.0. The van der Waals surface area contributed by atoms with E-state index >= 15 is 0 Å². The van der Waals surface area contributed by atoms with Crippen LogP contribution in [0.5, 0.6) is 0 Å². The summed E-state index contributed by atoms with van der Waals surface area (Å²) in [5, 5.41) is 0.919. The van der Waals surface area contributed by atoms with Crippen LogP contribution in [-0.4, -0.2) is 44.3 Å². The fourth-order valence-corrected chi connectivity index (χ4v) is 4.10. The number of aromatic nitrogens is 3. The number of imidazole rings is 1. The highest BCUT2D eigenvalue weighted by Gasteiger charge is 2.24. The number of hydrogen-bond acceptors (Lipinski definition) is 3. The molecule has 0 atom stereocenters. The number of benzene rings is 1. The molecule has 4 rings (SSSR count). The van der Waals surface area contributed by atoms with E-state index in [0.29, 0.717) is 6.04 Å². The molecule has 1 amide bonds. The zero-order valence-corrected chi connectivity index (χ0v) is 15.6. The van der Waals surface area contributed by atoms with Crippen molar-refractivity contribution in [1.29, 1.82) is 0 Å². The Balaban J connectivity index is 1.48. The Bertz CT molecular complexity index is 879. The molecule has 0 N–H and O–H groups in total. The molecule has 0 unspecified atom stereocenters. The fourth-order valence-electron chi connectivity index (χ4n) is 3.57. The van der Waals surface area contributed by atoms with Gasteiger partial charge >= 0.3 is 0 Å². The summed E-state index contributed by atoms with van der Waals surface area (Å²) in [4.78, 5) is 19.3. The molecule has 1 aromatic carbocycles. The highest BCUT2D eigenvalue weighted by molar-refractivity contribution is 7.98. The van der Waals surface area contributed by atoms with E-state index in [1.165, 1.54) is 0 Å². The molecule has 1 fully saturated rings. The number of hydrogen-bond donors (Lipinski definition) is 0. The smallest absolute Gasteiger partial charge is 0.253 e. The van der Waals surface area contributed by atoms with Crippen LogP contribution in [0.2, 0.25) is 0 Å². The molecule has 6 heteroatoms. The van der Waals surface area contributed by atoms with Crippen molar-refractivity contribution in [3.05, 3.63) is 66.7 Å². The van der Waals surface area contributed by atoms with Crippen molar-refractivity contribution in [2.45, 2.75) is 24.0 Å². The standard InChI is InChI=1S/C20H22N4OS/c1-26-20-21-9-14-24(20)18-6-4-5-16(15-18)19(25)23-12-7-17(8-13-23)22-10-2-3-11-22/h2-6,9-11,14-15,17H,7-8,12-13H2,1H3. The van der Waals surface area contributed by atoms with Gasteiger partial charge in [-0.2, -0.15) is 0 Å². The molecule has 2 aromatic heterocycles. The number of amides is 1. The molecule has 1 aliphatic rings. The molecular formula is C20H22N4OS. The van der Waals surface area contributed by atoms with E-state index < -0.39 is 0 Å². The number of rotatable bonds is 4. The molecule has 5 nitrogen and oxygen atoms in total. The first-order valence-electron chi connectivity index (χ1n) is 8.86. The summed E-state index contributed by atoms with van der Waals surface area (Å²) in [5.41, 5.74) is 1.71. The number of likely N-dealkylation sites (tertiary alicyclic amines) is 1. The molecule has 0 aliphatic carbocycles. The summed E-state index contributed by atoms with van der Waals surface area (Å²) in [6.45, 7) is 1.60. The van der Waals surface area contributed by atoms with Gasteiger partial charge < -0.3 is 9.47 Å². The molecule has 0 radical (unpaired) electrons. The zero-order chi connectivity index (χ0) is 17.9. The third kappa shape index (κ3) is 3.29. The Hall–Kier alpha value is -2.47. The summed E-state index contributed by atoms with van der Waals surface area (Å²) in [5.74, 6) is 0.114. The molecule has 3 heterocycles. The SMILES string of the molecule is CSc1nccn1-c1cccc(C(=O)N2CCC(n3cccc3)CC2)c1. The highest BCUT2D eigenvalue weighted by atomic mass is 32.2. The van der Waals surface area contributed by atoms with Gasteiger partial charge in [0.15, 0.2) is 5.16 Å². The summed E-state index contributed by atoms with van der Waals surface area (Å²) in [7, 11) is 0. The number of thioether (sulfide) groups is 1. The van der Waals surface area contributed by atoms with Gasteiger partial charge in [0, 0.05) is 55.2 Å². The van der Waals surface area contributed by atoms with Crippen molar-refractivity contribution in [3.63, 3.8) is 0 Å². The maximum atomic E-state index is 13.0. The van der Waals surface area contributed by atoms with Crippen molar-refractivity contribution in [1.82, 2.24) is 19.0 Å². The van der Waals surface area contributed by atoms with Gasteiger partial charge in [0.05, 0.1) is 0 Å². The van der Waals surface area contributed by atoms with E-state index in [0.717, 1.165) is 42.3 Å². The number of nitrogens with zero attached hydrogens (tertiary/aromatic N) is 4. The Kier molecular flexibility index (Phi) is 4.84. The Morgan fingerprint density at radius 1 is 1.12 bits per heavy atom. The lowest BCUT2D eigenvalue weighted by molar-refractivity contribution is 0.0694. The van der Waals surface area contributed by atoms with Gasteiger partial charge in [-0.05, 0) is 49.4 Å². The first kappa shape index (κ1) is 17.0. The predicted octanol–water partition coefficient (Wildman–Crippen LogP) is 3.87. The van der Waals surface area contributed by atoms with Gasteiger partial charge in [-0.25, -0.2) is 4.98 Å². The molecule has 1 saturated heterocycles. The van der Waals surface area contributed by atoms with Crippen molar-refractivity contribution in [2.24, 2.45) is 0 Å². The van der Waals surface area contributed by atoms with Crippen molar-refractivity contribution in [3.8, 4) is 5.69 Å². The normalized spacial score (nSPS) is 15.3. The molecule has 26 heavy (non-hydrogen) atoms. The number of piperidine rings is 1. The van der Waals surface area contributed by atoms with Gasteiger partial charge in [-0.15, -0.1) is 0 Å². The molecule has 0 saturated carbocycles. The van der Waals surface area contributed by atoms with Crippen LogP contribution in [0, 0.1) is 0 Å². The first-order valence-corrected chi connectivity index (χ1v) is 10.1. The predicted molar refractivity (Wildman–Crippen MR) is 104 cm³/mol. The van der Waals surface area contributed by atoms with Crippen LogP contribution in [0.3, 0.4) is 0 Å². The molecule has 3 aromatic rings. The van der Waals surface area contributed by atoms with Crippen LogP contribution in [0.4, 0.5) is 0 Å². The zero-order valence-electron chi connectivity index (χ0n) is 14.8. The van der Waals surface area contributed by atoms with Crippen LogP contribution in [0.15, 0.2) is 66.3 Å². The largest absolute Gasteiger partial charge is 0.351 e. The second-order valence-corrected chi connectivity index (χ2v) is 7.26. The maximum Gasteiger partial charge on any atom is 0.253 e. The topological polar surface area (TPSA) is 43.1 Å². The van der Waals surface area contributed by atoms with E-state index in [4.69, 9.17) is 0 Å². The summed E-state index contributed by atoms with van der Waals surface area (Å²) >= 11 is 1.59. The van der Waals surface area contributed by atoms with E-state index in [1.54, 1.807) is 18.0 Å². The molecule has 1 aliphatic heterocycles. The van der Waals surface area contributed by atoms with Crippen LogP contribution >= 0.6 is 11.8 Å². The van der Waals surface area contributed by atoms with Crippen molar-refractivity contribution in [2.75, 3.05) is 19.3 Å². The first-order chi connectivity index (χ1) is 12.8. The van der Waals surface area contributed by atoms with Crippen LogP contribution in [0.1, 0.15) is 29.2 Å². The molecule has 134 valence electrons. The molecule has 0 bridgehead atoms. The fraction of sp³-hybridized carbons (Fsp3) is 0.300. The minimum absolute atomic E-state index is 0.114. The lowest BCUT2D eigenvalue weighted by Crippen LogP contribution is -2.38. The van der Waals surface area contributed by atoms with E-state index in [9.17, 15) is 4.79 Å². The van der Waals surface area contributed by atoms with Crippen molar-refractivity contribution < 1.29 is 4.79 Å².